The van der Waals surface area contributed by atoms with Crippen molar-refractivity contribution >= 4 is 39.3 Å². The molecule has 2 aliphatic rings. The van der Waals surface area contributed by atoms with E-state index in [9.17, 15) is 14.4 Å². The van der Waals surface area contributed by atoms with Crippen LogP contribution in [0.15, 0.2) is 22.7 Å². The van der Waals surface area contributed by atoms with Crippen LogP contribution in [-0.2, 0) is 14.4 Å². The number of carbonyl (C=O) groups excluding carboxylic acids is 3. The molecule has 1 N–H and O–H groups in total. The van der Waals surface area contributed by atoms with E-state index in [1.54, 1.807) is 0 Å². The first kappa shape index (κ1) is 17.1. The molecule has 6 heteroatoms. The van der Waals surface area contributed by atoms with Gasteiger partial charge in [-0.3, -0.25) is 19.3 Å². The minimum atomic E-state index is -0.184. The highest BCUT2D eigenvalue weighted by Gasteiger charge is 2.47. The number of fused-ring (bicyclic) bond motifs is 1. The van der Waals surface area contributed by atoms with Gasteiger partial charge in [-0.2, -0.15) is 0 Å². The lowest BCUT2D eigenvalue weighted by Crippen LogP contribution is -2.34. The van der Waals surface area contributed by atoms with Gasteiger partial charge in [0.1, 0.15) is 0 Å². The first-order valence-corrected chi connectivity index (χ1v) is 9.18. The van der Waals surface area contributed by atoms with E-state index >= 15 is 0 Å². The maximum atomic E-state index is 12.4. The molecule has 1 saturated carbocycles. The van der Waals surface area contributed by atoms with Crippen molar-refractivity contribution < 1.29 is 14.4 Å². The molecule has 3 amide bonds. The van der Waals surface area contributed by atoms with Gasteiger partial charge in [-0.1, -0.05) is 28.8 Å². The zero-order valence-electron chi connectivity index (χ0n) is 13.7. The lowest BCUT2D eigenvalue weighted by Gasteiger charge is -2.19. The van der Waals surface area contributed by atoms with Crippen LogP contribution >= 0.6 is 15.9 Å². The van der Waals surface area contributed by atoms with Gasteiger partial charge >= 0.3 is 0 Å². The molecule has 1 aromatic carbocycles. The van der Waals surface area contributed by atoms with Crippen molar-refractivity contribution in [1.82, 2.24) is 4.90 Å². The number of nitrogens with zero attached hydrogens (tertiary/aromatic N) is 1. The minimum Gasteiger partial charge on any atom is -0.326 e. The molecule has 1 aliphatic carbocycles. The maximum absolute atomic E-state index is 12.4. The molecule has 0 spiro atoms. The molecule has 0 aromatic heterocycles. The van der Waals surface area contributed by atoms with Crippen LogP contribution in [-0.4, -0.2) is 29.2 Å². The van der Waals surface area contributed by atoms with Crippen molar-refractivity contribution in [2.45, 2.75) is 39.0 Å². The highest BCUT2D eigenvalue weighted by Crippen LogP contribution is 2.38. The minimum absolute atomic E-state index is 0.0858. The maximum Gasteiger partial charge on any atom is 0.233 e. The molecular weight excluding hydrogens is 372 g/mol. The Balaban J connectivity index is 1.58. The van der Waals surface area contributed by atoms with Crippen LogP contribution < -0.4 is 5.32 Å². The average molecular weight is 393 g/mol. The lowest BCUT2D eigenvalue weighted by atomic mass is 9.81. The molecule has 1 saturated heterocycles. The summed E-state index contributed by atoms with van der Waals surface area (Å²) in [6.07, 6.45) is 3.76. The molecule has 2 atom stereocenters. The topological polar surface area (TPSA) is 66.5 Å². The molecule has 5 nitrogen and oxygen atoms in total. The van der Waals surface area contributed by atoms with Crippen LogP contribution in [0.2, 0.25) is 0 Å². The molecule has 0 unspecified atom stereocenters. The Kier molecular flexibility index (Phi) is 5.04. The number of rotatable bonds is 4. The van der Waals surface area contributed by atoms with Gasteiger partial charge in [0.05, 0.1) is 11.8 Å². The number of carbonyl (C=O) groups is 3. The summed E-state index contributed by atoms with van der Waals surface area (Å²) in [7, 11) is 0. The summed E-state index contributed by atoms with van der Waals surface area (Å²) in [6, 6.07) is 5.62. The van der Waals surface area contributed by atoms with Gasteiger partial charge in [0.2, 0.25) is 17.7 Å². The standard InChI is InChI=1S/C18H21BrN2O3/c1-11-10-12(19)6-7-15(11)20-16(22)8-9-21-17(23)13-4-2-3-5-14(13)18(21)24/h6-7,10,13-14H,2-5,8-9H2,1H3,(H,20,22)/t13-,14-/m1/s1. The number of halogens is 1. The zero-order valence-corrected chi connectivity index (χ0v) is 15.3. The van der Waals surface area contributed by atoms with Gasteiger partial charge in [-0.25, -0.2) is 0 Å². The summed E-state index contributed by atoms with van der Waals surface area (Å²) in [4.78, 5) is 38.2. The number of hydrogen-bond acceptors (Lipinski definition) is 3. The smallest absolute Gasteiger partial charge is 0.233 e. The second kappa shape index (κ2) is 7.05. The predicted octanol–water partition coefficient (Wildman–Crippen LogP) is 3.26. The Morgan fingerprint density at radius 3 is 2.42 bits per heavy atom. The molecule has 3 rings (SSSR count). The first-order valence-electron chi connectivity index (χ1n) is 8.38. The number of aryl methyl sites for hydroxylation is 1. The summed E-state index contributed by atoms with van der Waals surface area (Å²) in [5.74, 6) is -0.656. The van der Waals surface area contributed by atoms with E-state index in [0.717, 1.165) is 41.4 Å². The van der Waals surface area contributed by atoms with E-state index in [4.69, 9.17) is 0 Å². The lowest BCUT2D eigenvalue weighted by molar-refractivity contribution is -0.140. The molecule has 2 fully saturated rings. The number of amides is 3. The Morgan fingerprint density at radius 1 is 1.21 bits per heavy atom. The van der Waals surface area contributed by atoms with Crippen molar-refractivity contribution in [3.63, 3.8) is 0 Å². The highest BCUT2D eigenvalue weighted by molar-refractivity contribution is 9.10. The zero-order chi connectivity index (χ0) is 17.3. The molecule has 128 valence electrons. The molecule has 24 heavy (non-hydrogen) atoms. The highest BCUT2D eigenvalue weighted by atomic mass is 79.9. The molecule has 0 radical (unpaired) electrons. The van der Waals surface area contributed by atoms with Gasteiger partial charge in [0, 0.05) is 23.1 Å². The van der Waals surface area contributed by atoms with Crippen molar-refractivity contribution in [1.29, 1.82) is 0 Å². The fraction of sp³-hybridized carbons (Fsp3) is 0.500. The number of nitrogens with one attached hydrogen (secondary N) is 1. The van der Waals surface area contributed by atoms with Crippen molar-refractivity contribution in [3.8, 4) is 0 Å². The van der Waals surface area contributed by atoms with Crippen LogP contribution in [0.4, 0.5) is 5.69 Å². The van der Waals surface area contributed by atoms with Crippen LogP contribution in [0, 0.1) is 18.8 Å². The van der Waals surface area contributed by atoms with E-state index < -0.39 is 0 Å². The summed E-state index contributed by atoms with van der Waals surface area (Å²) >= 11 is 3.39. The third-order valence-corrected chi connectivity index (χ3v) is 5.45. The molecule has 1 heterocycles. The third-order valence-electron chi connectivity index (χ3n) is 4.96. The van der Waals surface area contributed by atoms with E-state index in [2.05, 4.69) is 21.2 Å². The SMILES string of the molecule is Cc1cc(Br)ccc1NC(=O)CCN1C(=O)[C@@H]2CCCC[C@H]2C1=O. The fourth-order valence-corrected chi connectivity index (χ4v) is 4.12. The number of hydrogen-bond donors (Lipinski definition) is 1. The van der Waals surface area contributed by atoms with Gasteiger partial charge in [-0.05, 0) is 43.5 Å². The number of imide groups is 1. The van der Waals surface area contributed by atoms with Gasteiger partial charge in [0.25, 0.3) is 0 Å². The average Bonchev–Trinajstić information content (AvgIpc) is 2.80. The number of likely N-dealkylation sites (tertiary alicyclic amines) is 1. The van der Waals surface area contributed by atoms with E-state index in [1.165, 1.54) is 4.90 Å². The summed E-state index contributed by atoms with van der Waals surface area (Å²) in [5.41, 5.74) is 1.70. The van der Waals surface area contributed by atoms with Crippen molar-refractivity contribution in [2.24, 2.45) is 11.8 Å². The summed E-state index contributed by atoms with van der Waals surface area (Å²) in [5, 5.41) is 2.84. The van der Waals surface area contributed by atoms with E-state index in [-0.39, 0.29) is 42.5 Å². The number of anilines is 1. The quantitative estimate of drug-likeness (QED) is 0.799. The largest absolute Gasteiger partial charge is 0.326 e. The van der Waals surface area contributed by atoms with Gasteiger partial charge in [-0.15, -0.1) is 0 Å². The van der Waals surface area contributed by atoms with Crippen molar-refractivity contribution in [3.05, 3.63) is 28.2 Å². The Bertz CT molecular complexity index is 665. The van der Waals surface area contributed by atoms with Crippen LogP contribution in [0.3, 0.4) is 0 Å². The first-order chi connectivity index (χ1) is 11.5. The Labute approximate surface area is 149 Å². The fourth-order valence-electron chi connectivity index (χ4n) is 3.64. The van der Waals surface area contributed by atoms with E-state index in [0.29, 0.717) is 0 Å². The molecular formula is C18H21BrN2O3. The second-order valence-corrected chi connectivity index (χ2v) is 7.50. The molecule has 0 bridgehead atoms. The second-order valence-electron chi connectivity index (χ2n) is 6.58. The van der Waals surface area contributed by atoms with Crippen LogP contribution in [0.5, 0.6) is 0 Å². The van der Waals surface area contributed by atoms with Gasteiger partial charge < -0.3 is 5.32 Å². The van der Waals surface area contributed by atoms with Crippen molar-refractivity contribution in [2.75, 3.05) is 11.9 Å². The summed E-state index contributed by atoms with van der Waals surface area (Å²) in [6.45, 7) is 2.09. The van der Waals surface area contributed by atoms with E-state index in [1.807, 2.05) is 25.1 Å². The monoisotopic (exact) mass is 392 g/mol. The van der Waals surface area contributed by atoms with Crippen LogP contribution in [0.25, 0.3) is 0 Å². The predicted molar refractivity (Wildman–Crippen MR) is 94.3 cm³/mol. The third kappa shape index (κ3) is 3.38. The summed E-state index contributed by atoms with van der Waals surface area (Å²) < 4.78 is 0.953. The molecule has 1 aliphatic heterocycles. The van der Waals surface area contributed by atoms with Crippen LogP contribution in [0.1, 0.15) is 37.7 Å². The van der Waals surface area contributed by atoms with Gasteiger partial charge in [0.15, 0.2) is 0 Å². The Morgan fingerprint density at radius 2 is 1.83 bits per heavy atom. The number of benzene rings is 1. The molecule has 1 aromatic rings. The normalized spacial score (nSPS) is 23.3. The Hall–Kier alpha value is -1.69.